The number of nitrogens with zero attached hydrogens (tertiary/aromatic N) is 1. The van der Waals surface area contributed by atoms with Crippen LogP contribution in [-0.4, -0.2) is 36.1 Å². The second kappa shape index (κ2) is 8.33. The number of aryl methyl sites for hydroxylation is 1. The van der Waals surface area contributed by atoms with Gasteiger partial charge in [-0.1, -0.05) is 36.8 Å². The molecular formula is C21H32N2O2. The SMILES string of the molecule is Cc1ccc(C(N)C(=O)N2CCC(OC3CCC(C)CC3)CC2)cc1. The standard InChI is InChI=1S/C21H32N2O2/c1-15-3-7-17(8-4-15)20(22)21(24)23-13-11-19(12-14-23)25-18-9-5-16(2)6-10-18/h3-4,7-8,16,18-20H,5-6,9-14,22H2,1-2H3. The highest BCUT2D eigenvalue weighted by Gasteiger charge is 2.29. The van der Waals surface area contributed by atoms with Gasteiger partial charge in [0.2, 0.25) is 5.91 Å². The molecule has 1 saturated carbocycles. The average Bonchev–Trinajstić information content (AvgIpc) is 2.64. The van der Waals surface area contributed by atoms with Gasteiger partial charge in [0.15, 0.2) is 0 Å². The minimum Gasteiger partial charge on any atom is -0.375 e. The quantitative estimate of drug-likeness (QED) is 0.908. The Labute approximate surface area is 151 Å². The van der Waals surface area contributed by atoms with Gasteiger partial charge in [-0.15, -0.1) is 0 Å². The molecule has 2 N–H and O–H groups in total. The predicted octanol–water partition coefficient (Wildman–Crippen LogP) is 3.58. The lowest BCUT2D eigenvalue weighted by molar-refractivity contribution is -0.136. The van der Waals surface area contributed by atoms with Crippen molar-refractivity contribution in [1.82, 2.24) is 4.90 Å². The van der Waals surface area contributed by atoms with Gasteiger partial charge < -0.3 is 15.4 Å². The molecule has 3 rings (SSSR count). The van der Waals surface area contributed by atoms with E-state index in [2.05, 4.69) is 6.92 Å². The molecule has 1 heterocycles. The Morgan fingerprint density at radius 3 is 2.20 bits per heavy atom. The number of amides is 1. The van der Waals surface area contributed by atoms with E-state index in [9.17, 15) is 4.79 Å². The van der Waals surface area contributed by atoms with E-state index in [1.807, 2.05) is 36.1 Å². The number of benzene rings is 1. The van der Waals surface area contributed by atoms with Crippen molar-refractivity contribution < 1.29 is 9.53 Å². The molecule has 138 valence electrons. The molecule has 1 saturated heterocycles. The Morgan fingerprint density at radius 1 is 1.04 bits per heavy atom. The maximum atomic E-state index is 12.7. The molecule has 4 nitrogen and oxygen atoms in total. The molecule has 0 bridgehead atoms. The van der Waals surface area contributed by atoms with Crippen molar-refractivity contribution in [2.75, 3.05) is 13.1 Å². The first-order valence-corrected chi connectivity index (χ1v) is 9.79. The third-order valence-corrected chi connectivity index (χ3v) is 5.80. The van der Waals surface area contributed by atoms with E-state index in [4.69, 9.17) is 10.5 Å². The van der Waals surface area contributed by atoms with Gasteiger partial charge in [-0.05, 0) is 56.9 Å². The van der Waals surface area contributed by atoms with Gasteiger partial charge in [0.1, 0.15) is 6.04 Å². The summed E-state index contributed by atoms with van der Waals surface area (Å²) in [6, 6.07) is 7.37. The van der Waals surface area contributed by atoms with Crippen molar-refractivity contribution in [2.45, 2.75) is 70.6 Å². The summed E-state index contributed by atoms with van der Waals surface area (Å²) in [6.07, 6.45) is 7.55. The highest BCUT2D eigenvalue weighted by atomic mass is 16.5. The first-order valence-electron chi connectivity index (χ1n) is 9.79. The summed E-state index contributed by atoms with van der Waals surface area (Å²) < 4.78 is 6.30. The number of ether oxygens (including phenoxy) is 1. The second-order valence-corrected chi connectivity index (χ2v) is 7.93. The molecule has 0 spiro atoms. The summed E-state index contributed by atoms with van der Waals surface area (Å²) in [4.78, 5) is 14.6. The number of piperidine rings is 1. The average molecular weight is 344 g/mol. The molecule has 25 heavy (non-hydrogen) atoms. The third-order valence-electron chi connectivity index (χ3n) is 5.80. The molecule has 1 unspecified atom stereocenters. The Kier molecular flexibility index (Phi) is 6.13. The van der Waals surface area contributed by atoms with Gasteiger partial charge in [0.05, 0.1) is 12.2 Å². The topological polar surface area (TPSA) is 55.6 Å². The van der Waals surface area contributed by atoms with Crippen LogP contribution in [-0.2, 0) is 9.53 Å². The Bertz CT molecular complexity index is 556. The fraction of sp³-hybridized carbons (Fsp3) is 0.667. The van der Waals surface area contributed by atoms with E-state index in [-0.39, 0.29) is 5.91 Å². The van der Waals surface area contributed by atoms with E-state index < -0.39 is 6.04 Å². The van der Waals surface area contributed by atoms with Crippen LogP contribution in [0.15, 0.2) is 24.3 Å². The third kappa shape index (κ3) is 4.83. The molecule has 1 aliphatic heterocycles. The maximum Gasteiger partial charge on any atom is 0.244 e. The van der Waals surface area contributed by atoms with Gasteiger partial charge in [-0.3, -0.25) is 4.79 Å². The van der Waals surface area contributed by atoms with Crippen LogP contribution in [0.3, 0.4) is 0 Å². The zero-order valence-electron chi connectivity index (χ0n) is 15.6. The zero-order valence-corrected chi connectivity index (χ0v) is 15.6. The first kappa shape index (κ1) is 18.4. The van der Waals surface area contributed by atoms with Gasteiger partial charge >= 0.3 is 0 Å². The van der Waals surface area contributed by atoms with Crippen LogP contribution >= 0.6 is 0 Å². The summed E-state index contributed by atoms with van der Waals surface area (Å²) in [5, 5.41) is 0. The minimum atomic E-state index is -0.557. The van der Waals surface area contributed by atoms with Gasteiger partial charge in [0, 0.05) is 13.1 Å². The monoisotopic (exact) mass is 344 g/mol. The second-order valence-electron chi connectivity index (χ2n) is 7.93. The van der Waals surface area contributed by atoms with Crippen molar-refractivity contribution in [2.24, 2.45) is 11.7 Å². The Balaban J connectivity index is 1.46. The van der Waals surface area contributed by atoms with E-state index in [0.717, 1.165) is 37.4 Å². The molecule has 2 fully saturated rings. The molecule has 1 aliphatic carbocycles. The molecule has 1 amide bonds. The highest BCUT2D eigenvalue weighted by molar-refractivity contribution is 5.83. The summed E-state index contributed by atoms with van der Waals surface area (Å²) in [5.41, 5.74) is 8.27. The van der Waals surface area contributed by atoms with Crippen LogP contribution in [0.4, 0.5) is 0 Å². The normalized spacial score (nSPS) is 26.4. The van der Waals surface area contributed by atoms with Crippen LogP contribution in [0.1, 0.15) is 62.6 Å². The summed E-state index contributed by atoms with van der Waals surface area (Å²) >= 11 is 0. The Hall–Kier alpha value is -1.39. The number of hydrogen-bond acceptors (Lipinski definition) is 3. The lowest BCUT2D eigenvalue weighted by Crippen LogP contribution is -2.45. The maximum absolute atomic E-state index is 12.7. The van der Waals surface area contributed by atoms with Crippen molar-refractivity contribution in [1.29, 1.82) is 0 Å². The molecule has 1 aromatic carbocycles. The van der Waals surface area contributed by atoms with Gasteiger partial charge in [-0.2, -0.15) is 0 Å². The van der Waals surface area contributed by atoms with Gasteiger partial charge in [0.25, 0.3) is 0 Å². The molecule has 1 atom stereocenters. The van der Waals surface area contributed by atoms with Crippen LogP contribution in [0.2, 0.25) is 0 Å². The Morgan fingerprint density at radius 2 is 1.60 bits per heavy atom. The number of nitrogens with two attached hydrogens (primary N) is 1. The number of carbonyl (C=O) groups excluding carboxylic acids is 1. The van der Waals surface area contributed by atoms with Crippen molar-refractivity contribution >= 4 is 5.91 Å². The number of carbonyl (C=O) groups is 1. The van der Waals surface area contributed by atoms with E-state index in [1.54, 1.807) is 0 Å². The van der Waals surface area contributed by atoms with Crippen molar-refractivity contribution in [3.8, 4) is 0 Å². The number of likely N-dealkylation sites (tertiary alicyclic amines) is 1. The molecule has 0 radical (unpaired) electrons. The molecule has 4 heteroatoms. The largest absolute Gasteiger partial charge is 0.375 e. The molecule has 0 aromatic heterocycles. The fourth-order valence-electron chi connectivity index (χ4n) is 3.96. The van der Waals surface area contributed by atoms with E-state index >= 15 is 0 Å². The number of hydrogen-bond donors (Lipinski definition) is 1. The van der Waals surface area contributed by atoms with Crippen LogP contribution in [0.25, 0.3) is 0 Å². The lowest BCUT2D eigenvalue weighted by atomic mass is 9.88. The highest BCUT2D eigenvalue weighted by Crippen LogP contribution is 2.28. The predicted molar refractivity (Wildman–Crippen MR) is 100 cm³/mol. The zero-order chi connectivity index (χ0) is 17.8. The number of rotatable bonds is 4. The fourth-order valence-corrected chi connectivity index (χ4v) is 3.96. The lowest BCUT2D eigenvalue weighted by Gasteiger charge is -2.36. The smallest absolute Gasteiger partial charge is 0.244 e. The molecule has 1 aromatic rings. The molecule has 2 aliphatic rings. The first-order chi connectivity index (χ1) is 12.0. The van der Waals surface area contributed by atoms with Crippen molar-refractivity contribution in [3.63, 3.8) is 0 Å². The van der Waals surface area contributed by atoms with Crippen LogP contribution < -0.4 is 5.73 Å². The van der Waals surface area contributed by atoms with E-state index in [0.29, 0.717) is 12.2 Å². The van der Waals surface area contributed by atoms with Crippen LogP contribution in [0, 0.1) is 12.8 Å². The molecular weight excluding hydrogens is 312 g/mol. The van der Waals surface area contributed by atoms with Gasteiger partial charge in [-0.25, -0.2) is 0 Å². The summed E-state index contributed by atoms with van der Waals surface area (Å²) in [7, 11) is 0. The van der Waals surface area contributed by atoms with E-state index in [1.165, 1.54) is 31.2 Å². The minimum absolute atomic E-state index is 0.0359. The van der Waals surface area contributed by atoms with Crippen LogP contribution in [0.5, 0.6) is 0 Å². The summed E-state index contributed by atoms with van der Waals surface area (Å²) in [5.74, 6) is 0.886. The summed E-state index contributed by atoms with van der Waals surface area (Å²) in [6.45, 7) is 5.88. The van der Waals surface area contributed by atoms with Crippen molar-refractivity contribution in [3.05, 3.63) is 35.4 Å².